The maximum atomic E-state index is 5.69. The Morgan fingerprint density at radius 2 is 2.06 bits per heavy atom. The summed E-state index contributed by atoms with van der Waals surface area (Å²) in [5.74, 6) is 1.09. The van der Waals surface area contributed by atoms with Crippen LogP contribution in [0.5, 0.6) is 0 Å². The second-order valence-electron chi connectivity index (χ2n) is 4.89. The minimum Gasteiger partial charge on any atom is -0.388 e. The Labute approximate surface area is 101 Å². The zero-order chi connectivity index (χ0) is 11.9. The number of nitrogens with two attached hydrogens (primary N) is 1. The first-order chi connectivity index (χ1) is 7.52. The Morgan fingerprint density at radius 1 is 1.44 bits per heavy atom. The van der Waals surface area contributed by atoms with Gasteiger partial charge < -0.3 is 5.73 Å². The standard InChI is InChI=1S/C11H18N4S/c1-6(2)7(3)15-10(8-4-5-8)9(11(12)16)13-14-15/h6-8H,4-5H2,1-3H3,(H2,12,16). The summed E-state index contributed by atoms with van der Waals surface area (Å²) >= 11 is 5.02. The molecule has 1 aliphatic rings. The average Bonchev–Trinajstić information content (AvgIpc) is 2.95. The molecule has 1 aliphatic carbocycles. The van der Waals surface area contributed by atoms with E-state index in [1.807, 2.05) is 4.68 Å². The number of thiocarbonyl (C=S) groups is 1. The molecule has 2 rings (SSSR count). The Bertz CT molecular complexity index is 406. The molecule has 4 nitrogen and oxygen atoms in total. The molecule has 0 aliphatic heterocycles. The molecule has 1 aromatic heterocycles. The van der Waals surface area contributed by atoms with Crippen LogP contribution < -0.4 is 5.73 Å². The molecule has 1 aromatic rings. The fourth-order valence-electron chi connectivity index (χ4n) is 1.80. The quantitative estimate of drug-likeness (QED) is 0.815. The molecule has 1 saturated carbocycles. The molecule has 5 heteroatoms. The lowest BCUT2D eigenvalue weighted by Crippen LogP contribution is -2.18. The SMILES string of the molecule is CC(C)C(C)n1nnc(C(N)=S)c1C1CC1. The largest absolute Gasteiger partial charge is 0.388 e. The van der Waals surface area contributed by atoms with Gasteiger partial charge in [0.1, 0.15) is 10.7 Å². The van der Waals surface area contributed by atoms with Crippen molar-refractivity contribution in [3.05, 3.63) is 11.4 Å². The van der Waals surface area contributed by atoms with Crippen LogP contribution in [-0.2, 0) is 0 Å². The molecule has 0 aromatic carbocycles. The molecular formula is C11H18N4S. The van der Waals surface area contributed by atoms with Gasteiger partial charge in [-0.1, -0.05) is 31.3 Å². The van der Waals surface area contributed by atoms with Gasteiger partial charge in [-0.25, -0.2) is 4.68 Å². The predicted molar refractivity (Wildman–Crippen MR) is 67.4 cm³/mol. The summed E-state index contributed by atoms with van der Waals surface area (Å²) in [5.41, 5.74) is 7.56. The maximum Gasteiger partial charge on any atom is 0.143 e. The number of hydrogen-bond donors (Lipinski definition) is 1. The van der Waals surface area contributed by atoms with E-state index in [4.69, 9.17) is 18.0 Å². The molecule has 1 heterocycles. The predicted octanol–water partition coefficient (Wildman–Crippen LogP) is 2.01. The molecule has 0 saturated heterocycles. The number of rotatable bonds is 4. The third-order valence-corrected chi connectivity index (χ3v) is 3.47. The summed E-state index contributed by atoms with van der Waals surface area (Å²) in [4.78, 5) is 0.365. The van der Waals surface area contributed by atoms with Crippen LogP contribution in [0.25, 0.3) is 0 Å². The molecular weight excluding hydrogens is 220 g/mol. The monoisotopic (exact) mass is 238 g/mol. The summed E-state index contributed by atoms with van der Waals surface area (Å²) < 4.78 is 2.01. The van der Waals surface area contributed by atoms with Crippen LogP contribution in [0.15, 0.2) is 0 Å². The Hall–Kier alpha value is -0.970. The van der Waals surface area contributed by atoms with Crippen molar-refractivity contribution in [3.8, 4) is 0 Å². The molecule has 2 N–H and O–H groups in total. The van der Waals surface area contributed by atoms with Crippen LogP contribution in [0.3, 0.4) is 0 Å². The summed E-state index contributed by atoms with van der Waals surface area (Å²) in [7, 11) is 0. The van der Waals surface area contributed by atoms with E-state index >= 15 is 0 Å². The van der Waals surface area contributed by atoms with E-state index in [0.717, 1.165) is 11.4 Å². The Balaban J connectivity index is 2.41. The van der Waals surface area contributed by atoms with Crippen molar-refractivity contribution in [1.82, 2.24) is 15.0 Å². The highest BCUT2D eigenvalue weighted by Crippen LogP contribution is 2.42. The zero-order valence-electron chi connectivity index (χ0n) is 9.97. The molecule has 16 heavy (non-hydrogen) atoms. The van der Waals surface area contributed by atoms with Crippen molar-refractivity contribution in [1.29, 1.82) is 0 Å². The number of nitrogens with zero attached hydrogens (tertiary/aromatic N) is 3. The summed E-state index contributed by atoms with van der Waals surface area (Å²) in [5, 5.41) is 8.35. The topological polar surface area (TPSA) is 56.7 Å². The second-order valence-corrected chi connectivity index (χ2v) is 5.33. The smallest absolute Gasteiger partial charge is 0.143 e. The highest BCUT2D eigenvalue weighted by Gasteiger charge is 2.33. The molecule has 0 spiro atoms. The highest BCUT2D eigenvalue weighted by molar-refractivity contribution is 7.80. The Kier molecular flexibility index (Phi) is 2.97. The van der Waals surface area contributed by atoms with Crippen LogP contribution in [0.2, 0.25) is 0 Å². The van der Waals surface area contributed by atoms with Gasteiger partial charge in [0.25, 0.3) is 0 Å². The minimum atomic E-state index is 0.339. The number of aromatic nitrogens is 3. The molecule has 1 unspecified atom stereocenters. The molecule has 88 valence electrons. The van der Waals surface area contributed by atoms with Crippen LogP contribution >= 0.6 is 12.2 Å². The lowest BCUT2D eigenvalue weighted by Gasteiger charge is -2.18. The first-order valence-electron chi connectivity index (χ1n) is 5.77. The molecule has 0 amide bonds. The normalized spacial score (nSPS) is 17.8. The zero-order valence-corrected chi connectivity index (χ0v) is 10.8. The van der Waals surface area contributed by atoms with Crippen LogP contribution in [-0.4, -0.2) is 20.0 Å². The molecule has 1 atom stereocenters. The van der Waals surface area contributed by atoms with Gasteiger partial charge in [0.15, 0.2) is 0 Å². The van der Waals surface area contributed by atoms with E-state index in [1.54, 1.807) is 0 Å². The summed E-state index contributed by atoms with van der Waals surface area (Å²) in [6, 6.07) is 0.339. The van der Waals surface area contributed by atoms with E-state index in [2.05, 4.69) is 31.1 Å². The van der Waals surface area contributed by atoms with Crippen molar-refractivity contribution in [2.75, 3.05) is 0 Å². The van der Waals surface area contributed by atoms with Crippen molar-refractivity contribution in [3.63, 3.8) is 0 Å². The third kappa shape index (κ3) is 1.96. The van der Waals surface area contributed by atoms with Crippen LogP contribution in [0.4, 0.5) is 0 Å². The summed E-state index contributed by atoms with van der Waals surface area (Å²) in [6.45, 7) is 6.53. The first-order valence-corrected chi connectivity index (χ1v) is 6.18. The maximum absolute atomic E-state index is 5.69. The van der Waals surface area contributed by atoms with Crippen molar-refractivity contribution in [2.45, 2.75) is 45.6 Å². The molecule has 0 radical (unpaired) electrons. The van der Waals surface area contributed by atoms with E-state index in [0.29, 0.717) is 22.9 Å². The van der Waals surface area contributed by atoms with Gasteiger partial charge in [-0.2, -0.15) is 0 Å². The van der Waals surface area contributed by atoms with Crippen molar-refractivity contribution in [2.24, 2.45) is 11.7 Å². The molecule has 1 fully saturated rings. The van der Waals surface area contributed by atoms with Gasteiger partial charge in [0, 0.05) is 5.92 Å². The van der Waals surface area contributed by atoms with Crippen LogP contribution in [0.1, 0.15) is 57.0 Å². The van der Waals surface area contributed by atoms with Gasteiger partial charge >= 0.3 is 0 Å². The van der Waals surface area contributed by atoms with E-state index < -0.39 is 0 Å². The van der Waals surface area contributed by atoms with Gasteiger partial charge in [0.05, 0.1) is 11.7 Å². The fourth-order valence-corrected chi connectivity index (χ4v) is 1.94. The van der Waals surface area contributed by atoms with Gasteiger partial charge in [-0.05, 0) is 25.7 Å². The van der Waals surface area contributed by atoms with Gasteiger partial charge in [-0.3, -0.25) is 0 Å². The third-order valence-electron chi connectivity index (χ3n) is 3.28. The van der Waals surface area contributed by atoms with Crippen molar-refractivity contribution >= 4 is 17.2 Å². The fraction of sp³-hybridized carbons (Fsp3) is 0.727. The average molecular weight is 238 g/mol. The van der Waals surface area contributed by atoms with E-state index in [1.165, 1.54) is 12.8 Å². The number of hydrogen-bond acceptors (Lipinski definition) is 3. The Morgan fingerprint density at radius 3 is 2.50 bits per heavy atom. The van der Waals surface area contributed by atoms with Crippen LogP contribution in [0, 0.1) is 5.92 Å². The second kappa shape index (κ2) is 4.13. The molecule has 0 bridgehead atoms. The highest BCUT2D eigenvalue weighted by atomic mass is 32.1. The summed E-state index contributed by atoms with van der Waals surface area (Å²) in [6.07, 6.45) is 2.40. The van der Waals surface area contributed by atoms with Gasteiger partial charge in [0.2, 0.25) is 0 Å². The van der Waals surface area contributed by atoms with Gasteiger partial charge in [-0.15, -0.1) is 5.10 Å². The lowest BCUT2D eigenvalue weighted by molar-refractivity contribution is 0.358. The first kappa shape index (κ1) is 11.5. The van der Waals surface area contributed by atoms with E-state index in [-0.39, 0.29) is 0 Å². The lowest BCUT2D eigenvalue weighted by atomic mass is 10.1. The van der Waals surface area contributed by atoms with E-state index in [9.17, 15) is 0 Å². The minimum absolute atomic E-state index is 0.339. The van der Waals surface area contributed by atoms with Crippen molar-refractivity contribution < 1.29 is 0 Å².